The van der Waals surface area contributed by atoms with Crippen LogP contribution in [0.1, 0.15) is 4.88 Å². The van der Waals surface area contributed by atoms with E-state index in [0.29, 0.717) is 13.0 Å². The number of hydrogen-bond donors (Lipinski definition) is 1. The standard InChI is InChI=1S/C19H21N3OS2/c1-20-10-11-22(2)17(23)13-16-18(15-9-6-12-24-15)21-19(25-16)14-7-4-3-5-8-14/h3-9,12,20H,10-11,13H2,1-2H3. The van der Waals surface area contributed by atoms with Crippen molar-refractivity contribution in [3.8, 4) is 21.1 Å². The zero-order valence-electron chi connectivity index (χ0n) is 14.4. The molecule has 0 radical (unpaired) electrons. The van der Waals surface area contributed by atoms with Gasteiger partial charge in [0, 0.05) is 30.6 Å². The molecule has 0 bridgehead atoms. The summed E-state index contributed by atoms with van der Waals surface area (Å²) >= 11 is 3.27. The van der Waals surface area contributed by atoms with Crippen LogP contribution in [0.3, 0.4) is 0 Å². The Kier molecular flexibility index (Phi) is 5.96. The van der Waals surface area contributed by atoms with Crippen LogP contribution in [0.2, 0.25) is 0 Å². The number of hydrogen-bond acceptors (Lipinski definition) is 5. The molecule has 0 fully saturated rings. The summed E-state index contributed by atoms with van der Waals surface area (Å²) in [6, 6.07) is 14.2. The number of thiazole rings is 1. The number of carbonyl (C=O) groups is 1. The van der Waals surface area contributed by atoms with Crippen molar-refractivity contribution in [2.45, 2.75) is 6.42 Å². The molecule has 0 unspecified atom stereocenters. The van der Waals surface area contributed by atoms with Gasteiger partial charge >= 0.3 is 0 Å². The zero-order valence-corrected chi connectivity index (χ0v) is 16.0. The Labute approximate surface area is 156 Å². The second-order valence-corrected chi connectivity index (χ2v) is 7.76. The molecule has 0 atom stereocenters. The van der Waals surface area contributed by atoms with E-state index in [1.165, 1.54) is 0 Å². The molecular formula is C19H21N3OS2. The van der Waals surface area contributed by atoms with Crippen molar-refractivity contribution in [3.05, 3.63) is 52.7 Å². The van der Waals surface area contributed by atoms with E-state index >= 15 is 0 Å². The zero-order chi connectivity index (χ0) is 17.6. The molecular weight excluding hydrogens is 350 g/mol. The number of carbonyl (C=O) groups excluding carboxylic acids is 1. The Morgan fingerprint density at radius 3 is 2.68 bits per heavy atom. The molecule has 0 spiro atoms. The largest absolute Gasteiger partial charge is 0.344 e. The van der Waals surface area contributed by atoms with Gasteiger partial charge in [-0.1, -0.05) is 36.4 Å². The summed E-state index contributed by atoms with van der Waals surface area (Å²) in [7, 11) is 3.74. The van der Waals surface area contributed by atoms with Crippen LogP contribution < -0.4 is 5.32 Å². The maximum atomic E-state index is 12.6. The minimum absolute atomic E-state index is 0.122. The molecule has 0 saturated carbocycles. The predicted octanol–water partition coefficient (Wildman–Crippen LogP) is 3.76. The van der Waals surface area contributed by atoms with Crippen LogP contribution in [0.5, 0.6) is 0 Å². The summed E-state index contributed by atoms with van der Waals surface area (Å²) in [5.74, 6) is 0.122. The van der Waals surface area contributed by atoms with Crippen LogP contribution >= 0.6 is 22.7 Å². The van der Waals surface area contributed by atoms with Crippen molar-refractivity contribution in [1.29, 1.82) is 0 Å². The Balaban J connectivity index is 1.89. The number of likely N-dealkylation sites (N-methyl/N-ethyl adjacent to an activating group) is 2. The highest BCUT2D eigenvalue weighted by atomic mass is 32.1. The first kappa shape index (κ1) is 17.8. The van der Waals surface area contributed by atoms with E-state index in [1.54, 1.807) is 27.6 Å². The van der Waals surface area contributed by atoms with Crippen LogP contribution in [-0.4, -0.2) is 43.0 Å². The van der Waals surface area contributed by atoms with Crippen molar-refractivity contribution >= 4 is 28.6 Å². The lowest BCUT2D eigenvalue weighted by molar-refractivity contribution is -0.129. The summed E-state index contributed by atoms with van der Waals surface area (Å²) < 4.78 is 0. The normalized spacial score (nSPS) is 10.8. The molecule has 0 saturated heterocycles. The lowest BCUT2D eigenvalue weighted by atomic mass is 10.2. The fourth-order valence-electron chi connectivity index (χ4n) is 2.46. The molecule has 1 N–H and O–H groups in total. The third-order valence-electron chi connectivity index (χ3n) is 3.91. The third kappa shape index (κ3) is 4.34. The first-order valence-electron chi connectivity index (χ1n) is 8.16. The SMILES string of the molecule is CNCCN(C)C(=O)Cc1sc(-c2ccccc2)nc1-c1cccs1. The molecule has 4 nitrogen and oxygen atoms in total. The Morgan fingerprint density at radius 2 is 2.00 bits per heavy atom. The molecule has 2 aromatic heterocycles. The highest BCUT2D eigenvalue weighted by Gasteiger charge is 2.19. The lowest BCUT2D eigenvalue weighted by Gasteiger charge is -2.16. The average molecular weight is 372 g/mol. The van der Waals surface area contributed by atoms with E-state index in [2.05, 4.69) is 23.5 Å². The van der Waals surface area contributed by atoms with Crippen LogP contribution in [-0.2, 0) is 11.2 Å². The van der Waals surface area contributed by atoms with E-state index in [9.17, 15) is 4.79 Å². The van der Waals surface area contributed by atoms with E-state index in [1.807, 2.05) is 43.7 Å². The summed E-state index contributed by atoms with van der Waals surface area (Å²) in [5.41, 5.74) is 2.03. The van der Waals surface area contributed by atoms with Gasteiger partial charge < -0.3 is 10.2 Å². The van der Waals surface area contributed by atoms with Crippen molar-refractivity contribution < 1.29 is 4.79 Å². The molecule has 0 aliphatic carbocycles. The molecule has 3 rings (SSSR count). The number of benzene rings is 1. The van der Waals surface area contributed by atoms with Gasteiger partial charge in [0.05, 0.1) is 17.0 Å². The van der Waals surface area contributed by atoms with Crippen LogP contribution in [0.15, 0.2) is 47.8 Å². The number of nitrogens with zero attached hydrogens (tertiary/aromatic N) is 2. The topological polar surface area (TPSA) is 45.2 Å². The van der Waals surface area contributed by atoms with Gasteiger partial charge in [-0.3, -0.25) is 4.79 Å². The summed E-state index contributed by atoms with van der Waals surface area (Å²) in [6.45, 7) is 1.49. The molecule has 2 heterocycles. The van der Waals surface area contributed by atoms with Crippen LogP contribution in [0, 0.1) is 0 Å². The highest BCUT2D eigenvalue weighted by Crippen LogP contribution is 2.36. The van der Waals surface area contributed by atoms with Gasteiger partial charge in [0.1, 0.15) is 5.01 Å². The maximum absolute atomic E-state index is 12.6. The number of aromatic nitrogens is 1. The predicted molar refractivity (Wildman–Crippen MR) is 106 cm³/mol. The summed E-state index contributed by atoms with van der Waals surface area (Å²) in [5, 5.41) is 6.08. The number of nitrogens with one attached hydrogen (secondary N) is 1. The second-order valence-electron chi connectivity index (χ2n) is 5.73. The Bertz CT molecular complexity index is 813. The van der Waals surface area contributed by atoms with Crippen LogP contribution in [0.25, 0.3) is 21.1 Å². The maximum Gasteiger partial charge on any atom is 0.227 e. The number of thiophene rings is 1. The van der Waals surface area contributed by atoms with E-state index in [0.717, 1.165) is 32.6 Å². The van der Waals surface area contributed by atoms with Crippen molar-refractivity contribution in [1.82, 2.24) is 15.2 Å². The van der Waals surface area contributed by atoms with E-state index in [-0.39, 0.29) is 5.91 Å². The first-order chi connectivity index (χ1) is 12.2. The van der Waals surface area contributed by atoms with E-state index in [4.69, 9.17) is 4.98 Å². The molecule has 0 aliphatic rings. The molecule has 130 valence electrons. The highest BCUT2D eigenvalue weighted by molar-refractivity contribution is 7.17. The molecule has 1 aromatic carbocycles. The fourth-order valence-corrected chi connectivity index (χ4v) is 4.34. The van der Waals surface area contributed by atoms with Crippen molar-refractivity contribution in [2.24, 2.45) is 0 Å². The quantitative estimate of drug-likeness (QED) is 0.688. The van der Waals surface area contributed by atoms with Gasteiger partial charge in [0.2, 0.25) is 5.91 Å². The van der Waals surface area contributed by atoms with Gasteiger partial charge in [0.15, 0.2) is 0 Å². The molecule has 25 heavy (non-hydrogen) atoms. The molecule has 6 heteroatoms. The minimum atomic E-state index is 0.122. The monoisotopic (exact) mass is 371 g/mol. The van der Waals surface area contributed by atoms with Gasteiger partial charge in [0.25, 0.3) is 0 Å². The lowest BCUT2D eigenvalue weighted by Crippen LogP contribution is -2.33. The summed E-state index contributed by atoms with van der Waals surface area (Å²) in [6.07, 6.45) is 0.387. The second kappa shape index (κ2) is 8.38. The molecule has 1 amide bonds. The smallest absolute Gasteiger partial charge is 0.227 e. The van der Waals surface area contributed by atoms with E-state index < -0.39 is 0 Å². The Morgan fingerprint density at radius 1 is 1.20 bits per heavy atom. The van der Waals surface area contributed by atoms with Gasteiger partial charge in [-0.05, 0) is 18.5 Å². The van der Waals surface area contributed by atoms with Crippen molar-refractivity contribution in [2.75, 3.05) is 27.2 Å². The molecule has 0 aliphatic heterocycles. The number of rotatable bonds is 7. The number of amides is 1. The summed E-state index contributed by atoms with van der Waals surface area (Å²) in [4.78, 5) is 21.3. The minimum Gasteiger partial charge on any atom is -0.344 e. The van der Waals surface area contributed by atoms with Crippen molar-refractivity contribution in [3.63, 3.8) is 0 Å². The fraction of sp³-hybridized carbons (Fsp3) is 0.263. The van der Waals surface area contributed by atoms with Gasteiger partial charge in [-0.2, -0.15) is 0 Å². The average Bonchev–Trinajstić information content (AvgIpc) is 3.30. The van der Waals surface area contributed by atoms with Crippen LogP contribution in [0.4, 0.5) is 0 Å². The van der Waals surface area contributed by atoms with Gasteiger partial charge in [-0.25, -0.2) is 4.98 Å². The molecule has 3 aromatic rings. The van der Waals surface area contributed by atoms with Gasteiger partial charge in [-0.15, -0.1) is 22.7 Å². The first-order valence-corrected chi connectivity index (χ1v) is 9.86. The Hall–Kier alpha value is -2.02. The third-order valence-corrected chi connectivity index (χ3v) is 5.89.